The number of fused-ring (bicyclic) bond motifs is 1. The van der Waals surface area contributed by atoms with E-state index in [1.807, 2.05) is 6.07 Å². The van der Waals surface area contributed by atoms with Gasteiger partial charge in [-0.1, -0.05) is 42.5 Å². The lowest BCUT2D eigenvalue weighted by molar-refractivity contribution is 0.00578. The topological polar surface area (TPSA) is 27.7 Å². The Kier molecular flexibility index (Phi) is 4.16. The van der Waals surface area contributed by atoms with Gasteiger partial charge in [-0.2, -0.15) is 0 Å². The van der Waals surface area contributed by atoms with E-state index in [4.69, 9.17) is 14.0 Å². The Balaban J connectivity index is 1.65. The van der Waals surface area contributed by atoms with Crippen molar-refractivity contribution >= 4 is 12.6 Å². The van der Waals surface area contributed by atoms with Crippen molar-refractivity contribution in [3.8, 4) is 5.75 Å². The Morgan fingerprint density at radius 1 is 0.923 bits per heavy atom. The van der Waals surface area contributed by atoms with Gasteiger partial charge < -0.3 is 14.0 Å². The van der Waals surface area contributed by atoms with Crippen molar-refractivity contribution < 1.29 is 14.0 Å². The van der Waals surface area contributed by atoms with E-state index >= 15 is 0 Å². The van der Waals surface area contributed by atoms with Gasteiger partial charge in [0.25, 0.3) is 0 Å². The zero-order valence-corrected chi connectivity index (χ0v) is 16.3. The Morgan fingerprint density at radius 3 is 2.23 bits per heavy atom. The van der Waals surface area contributed by atoms with Crippen molar-refractivity contribution in [2.24, 2.45) is 0 Å². The van der Waals surface area contributed by atoms with E-state index in [-0.39, 0.29) is 24.4 Å². The van der Waals surface area contributed by atoms with Gasteiger partial charge in [0.1, 0.15) is 11.9 Å². The highest BCUT2D eigenvalue weighted by atomic mass is 16.7. The molecular weight excluding hydrogens is 323 g/mol. The van der Waals surface area contributed by atoms with Crippen LogP contribution in [-0.4, -0.2) is 18.3 Å². The van der Waals surface area contributed by atoms with Crippen LogP contribution in [0.5, 0.6) is 5.75 Å². The SMILES string of the molecule is Cc1c(B2OC(C)(C)C(C)(C)O2)ccc2c1OC(c1ccccc1)CC2. The predicted molar refractivity (Wildman–Crippen MR) is 105 cm³/mol. The van der Waals surface area contributed by atoms with Crippen LogP contribution in [-0.2, 0) is 15.7 Å². The molecule has 1 fully saturated rings. The summed E-state index contributed by atoms with van der Waals surface area (Å²) in [5.74, 6) is 0.998. The average molecular weight is 350 g/mol. The number of aryl methyl sites for hydroxylation is 1. The molecule has 136 valence electrons. The zero-order chi connectivity index (χ0) is 18.5. The third-order valence-electron chi connectivity index (χ3n) is 6.14. The lowest BCUT2D eigenvalue weighted by atomic mass is 9.75. The maximum atomic E-state index is 6.44. The normalized spacial score (nSPS) is 23.4. The smallest absolute Gasteiger partial charge is 0.485 e. The molecule has 3 nitrogen and oxygen atoms in total. The number of rotatable bonds is 2. The largest absolute Gasteiger partial charge is 0.495 e. The van der Waals surface area contributed by atoms with Gasteiger partial charge in [0.15, 0.2) is 0 Å². The Morgan fingerprint density at radius 2 is 1.58 bits per heavy atom. The molecule has 0 aromatic heterocycles. The zero-order valence-electron chi connectivity index (χ0n) is 16.3. The molecule has 2 heterocycles. The lowest BCUT2D eigenvalue weighted by Gasteiger charge is -2.32. The van der Waals surface area contributed by atoms with E-state index in [9.17, 15) is 0 Å². The summed E-state index contributed by atoms with van der Waals surface area (Å²) in [4.78, 5) is 0. The summed E-state index contributed by atoms with van der Waals surface area (Å²) in [6, 6.07) is 14.8. The van der Waals surface area contributed by atoms with Crippen molar-refractivity contribution in [2.75, 3.05) is 0 Å². The first-order chi connectivity index (χ1) is 12.3. The molecule has 2 aromatic rings. The molecule has 26 heavy (non-hydrogen) atoms. The monoisotopic (exact) mass is 350 g/mol. The standard InChI is InChI=1S/C22H27BO3/c1-15-18(23-25-21(2,3)22(4,5)26-23)13-11-17-12-14-19(24-20(15)17)16-9-7-6-8-10-16/h6-11,13,19H,12,14H2,1-5H3. The van der Waals surface area contributed by atoms with Gasteiger partial charge in [-0.05, 0) is 69.6 Å². The summed E-state index contributed by atoms with van der Waals surface area (Å²) in [6.07, 6.45) is 2.14. The molecule has 0 aliphatic carbocycles. The fraction of sp³-hybridized carbons (Fsp3) is 0.455. The molecule has 0 N–H and O–H groups in total. The van der Waals surface area contributed by atoms with Gasteiger partial charge in [-0.3, -0.25) is 0 Å². The van der Waals surface area contributed by atoms with E-state index in [1.54, 1.807) is 0 Å². The summed E-state index contributed by atoms with van der Waals surface area (Å²) in [5.41, 5.74) is 4.02. The fourth-order valence-corrected chi connectivity index (χ4v) is 3.74. The van der Waals surface area contributed by atoms with Crippen LogP contribution in [0.25, 0.3) is 0 Å². The van der Waals surface area contributed by atoms with E-state index in [0.29, 0.717) is 0 Å². The van der Waals surface area contributed by atoms with Crippen molar-refractivity contribution in [2.45, 2.75) is 64.8 Å². The fourth-order valence-electron chi connectivity index (χ4n) is 3.74. The van der Waals surface area contributed by atoms with Crippen LogP contribution < -0.4 is 10.2 Å². The molecule has 1 atom stereocenters. The summed E-state index contributed by atoms with van der Waals surface area (Å²) >= 11 is 0. The van der Waals surface area contributed by atoms with E-state index in [1.165, 1.54) is 11.1 Å². The average Bonchev–Trinajstić information content (AvgIpc) is 2.83. The van der Waals surface area contributed by atoms with Crippen molar-refractivity contribution in [3.63, 3.8) is 0 Å². The molecule has 4 rings (SSSR count). The van der Waals surface area contributed by atoms with Gasteiger partial charge in [0.05, 0.1) is 11.2 Å². The molecule has 0 amide bonds. The summed E-state index contributed by atoms with van der Waals surface area (Å²) in [7, 11) is -0.356. The second-order valence-corrected chi connectivity index (χ2v) is 8.41. The quantitative estimate of drug-likeness (QED) is 0.753. The molecular formula is C22H27BO3. The molecule has 0 radical (unpaired) electrons. The summed E-state index contributed by atoms with van der Waals surface area (Å²) in [5, 5.41) is 0. The minimum atomic E-state index is -0.356. The highest BCUT2D eigenvalue weighted by molar-refractivity contribution is 6.62. The Hall–Kier alpha value is -1.78. The third-order valence-corrected chi connectivity index (χ3v) is 6.14. The molecule has 2 aliphatic heterocycles. The van der Waals surface area contributed by atoms with Crippen molar-refractivity contribution in [1.82, 2.24) is 0 Å². The van der Waals surface area contributed by atoms with Crippen LogP contribution in [0.15, 0.2) is 42.5 Å². The molecule has 0 saturated carbocycles. The Bertz CT molecular complexity index is 798. The minimum Gasteiger partial charge on any atom is -0.485 e. The lowest BCUT2D eigenvalue weighted by Crippen LogP contribution is -2.41. The molecule has 4 heteroatoms. The van der Waals surface area contributed by atoms with E-state index in [0.717, 1.165) is 29.6 Å². The highest BCUT2D eigenvalue weighted by Crippen LogP contribution is 2.39. The number of ether oxygens (including phenoxy) is 1. The predicted octanol–water partition coefficient (Wildman–Crippen LogP) is 4.36. The van der Waals surface area contributed by atoms with Crippen LogP contribution >= 0.6 is 0 Å². The van der Waals surface area contributed by atoms with Crippen molar-refractivity contribution in [3.05, 3.63) is 59.2 Å². The van der Waals surface area contributed by atoms with Gasteiger partial charge in [-0.15, -0.1) is 0 Å². The number of hydrogen-bond donors (Lipinski definition) is 0. The highest BCUT2D eigenvalue weighted by Gasteiger charge is 2.52. The number of benzene rings is 2. The molecule has 0 bridgehead atoms. The Labute approximate surface area is 156 Å². The second-order valence-electron chi connectivity index (χ2n) is 8.41. The first-order valence-corrected chi connectivity index (χ1v) is 9.48. The van der Waals surface area contributed by atoms with Crippen molar-refractivity contribution in [1.29, 1.82) is 0 Å². The van der Waals surface area contributed by atoms with Crippen LogP contribution in [0.4, 0.5) is 0 Å². The van der Waals surface area contributed by atoms with Crippen LogP contribution in [0.1, 0.15) is 56.9 Å². The van der Waals surface area contributed by atoms with Crippen LogP contribution in [0, 0.1) is 6.92 Å². The molecule has 1 saturated heterocycles. The van der Waals surface area contributed by atoms with Crippen LogP contribution in [0.3, 0.4) is 0 Å². The maximum absolute atomic E-state index is 6.44. The van der Waals surface area contributed by atoms with Gasteiger partial charge in [-0.25, -0.2) is 0 Å². The molecule has 1 unspecified atom stereocenters. The summed E-state index contributed by atoms with van der Waals surface area (Å²) in [6.45, 7) is 10.5. The van der Waals surface area contributed by atoms with E-state index < -0.39 is 0 Å². The molecule has 0 spiro atoms. The summed E-state index contributed by atoms with van der Waals surface area (Å²) < 4.78 is 19.0. The third kappa shape index (κ3) is 2.85. The molecule has 2 aromatic carbocycles. The maximum Gasteiger partial charge on any atom is 0.495 e. The van der Waals surface area contributed by atoms with Crippen LogP contribution in [0.2, 0.25) is 0 Å². The molecule has 2 aliphatic rings. The number of hydrogen-bond acceptors (Lipinski definition) is 3. The van der Waals surface area contributed by atoms with E-state index in [2.05, 4.69) is 71.0 Å². The van der Waals surface area contributed by atoms with Gasteiger partial charge in [0.2, 0.25) is 0 Å². The van der Waals surface area contributed by atoms with Gasteiger partial charge in [0, 0.05) is 0 Å². The van der Waals surface area contributed by atoms with Gasteiger partial charge >= 0.3 is 7.12 Å². The first kappa shape index (κ1) is 17.6. The first-order valence-electron chi connectivity index (χ1n) is 9.48. The minimum absolute atomic E-state index is 0.107. The second kappa shape index (κ2) is 6.14.